The Morgan fingerprint density at radius 3 is 3.08 bits per heavy atom. The molecule has 1 aliphatic heterocycles. The third-order valence-corrected chi connectivity index (χ3v) is 1.64. The van der Waals surface area contributed by atoms with E-state index in [4.69, 9.17) is 9.84 Å². The van der Waals surface area contributed by atoms with Crippen LogP contribution in [0.25, 0.3) is 0 Å². The van der Waals surface area contributed by atoms with Crippen LogP contribution >= 0.6 is 0 Å². The molecule has 0 aromatic heterocycles. The van der Waals surface area contributed by atoms with Gasteiger partial charge in [-0.3, -0.25) is 4.79 Å². The molecular weight excluding hydrogens is 176 g/mol. The summed E-state index contributed by atoms with van der Waals surface area (Å²) in [6.45, 7) is 1.37. The number of carboxylic acid groups (broad SMARTS) is 1. The lowest BCUT2D eigenvalue weighted by Crippen LogP contribution is -2.30. The van der Waals surface area contributed by atoms with Gasteiger partial charge < -0.3 is 20.5 Å². The van der Waals surface area contributed by atoms with Gasteiger partial charge in [0.05, 0.1) is 13.0 Å². The van der Waals surface area contributed by atoms with Crippen molar-refractivity contribution in [2.75, 3.05) is 19.6 Å². The van der Waals surface area contributed by atoms with E-state index in [9.17, 15) is 9.59 Å². The topological polar surface area (TPSA) is 87.7 Å². The van der Waals surface area contributed by atoms with Gasteiger partial charge in [-0.25, -0.2) is 4.79 Å². The third kappa shape index (κ3) is 3.75. The maximum Gasteiger partial charge on any atom is 0.407 e. The second kappa shape index (κ2) is 4.66. The Kier molecular flexibility index (Phi) is 3.51. The second-order valence-electron chi connectivity index (χ2n) is 2.76. The molecule has 1 heterocycles. The number of alkyl carbamates (subject to hydrolysis) is 1. The lowest BCUT2D eigenvalue weighted by Gasteiger charge is -2.07. The van der Waals surface area contributed by atoms with E-state index in [1.165, 1.54) is 0 Å². The van der Waals surface area contributed by atoms with E-state index in [1.54, 1.807) is 0 Å². The lowest BCUT2D eigenvalue weighted by atomic mass is 10.3. The fourth-order valence-electron chi connectivity index (χ4n) is 1.00. The van der Waals surface area contributed by atoms with Gasteiger partial charge in [-0.15, -0.1) is 0 Å². The van der Waals surface area contributed by atoms with Crippen molar-refractivity contribution in [1.82, 2.24) is 10.6 Å². The molecule has 0 saturated carbocycles. The Morgan fingerprint density at radius 2 is 2.54 bits per heavy atom. The highest BCUT2D eigenvalue weighted by molar-refractivity contribution is 5.69. The number of hydrogen-bond acceptors (Lipinski definition) is 4. The lowest BCUT2D eigenvalue weighted by molar-refractivity contribution is -0.136. The van der Waals surface area contributed by atoms with Gasteiger partial charge in [0.15, 0.2) is 0 Å². The Labute approximate surface area is 75.3 Å². The third-order valence-electron chi connectivity index (χ3n) is 1.64. The van der Waals surface area contributed by atoms with Gasteiger partial charge >= 0.3 is 12.1 Å². The number of rotatable bonds is 5. The molecular formula is C7H12N2O4. The molecule has 0 aromatic carbocycles. The molecule has 1 atom stereocenters. The quantitative estimate of drug-likeness (QED) is 0.489. The Morgan fingerprint density at radius 1 is 1.77 bits per heavy atom. The number of hydrogen-bond donors (Lipinski definition) is 3. The van der Waals surface area contributed by atoms with E-state index in [0.717, 1.165) is 0 Å². The number of aliphatic carboxylic acids is 1. The first kappa shape index (κ1) is 9.79. The average Bonchev–Trinajstić information content (AvgIpc) is 2.45. The molecule has 1 amide bonds. The zero-order chi connectivity index (χ0) is 9.68. The number of amides is 1. The smallest absolute Gasteiger partial charge is 0.407 e. The number of nitrogens with one attached hydrogen (secondary N) is 2. The minimum absolute atomic E-state index is 0.0775. The van der Waals surface area contributed by atoms with Crippen LogP contribution in [-0.2, 0) is 9.53 Å². The van der Waals surface area contributed by atoms with Gasteiger partial charge in [0.2, 0.25) is 0 Å². The highest BCUT2D eigenvalue weighted by Gasteiger charge is 2.21. The van der Waals surface area contributed by atoms with Crippen molar-refractivity contribution in [2.45, 2.75) is 12.5 Å². The molecule has 0 aromatic rings. The van der Waals surface area contributed by atoms with Crippen molar-refractivity contribution >= 4 is 12.1 Å². The molecule has 74 valence electrons. The van der Waals surface area contributed by atoms with E-state index < -0.39 is 12.1 Å². The molecule has 0 bridgehead atoms. The Hall–Kier alpha value is -1.30. The summed E-state index contributed by atoms with van der Waals surface area (Å²) in [5.41, 5.74) is 0. The minimum atomic E-state index is -0.839. The summed E-state index contributed by atoms with van der Waals surface area (Å²) in [5, 5.41) is 13.7. The van der Waals surface area contributed by atoms with Crippen molar-refractivity contribution in [1.29, 1.82) is 0 Å². The molecule has 1 fully saturated rings. The van der Waals surface area contributed by atoms with Gasteiger partial charge in [0, 0.05) is 13.1 Å². The van der Waals surface area contributed by atoms with Crippen LogP contribution < -0.4 is 10.6 Å². The van der Waals surface area contributed by atoms with Crippen LogP contribution in [0.5, 0.6) is 0 Å². The van der Waals surface area contributed by atoms with Crippen LogP contribution in [0, 0.1) is 0 Å². The van der Waals surface area contributed by atoms with Crippen molar-refractivity contribution in [3.8, 4) is 0 Å². The predicted molar refractivity (Wildman–Crippen MR) is 43.4 cm³/mol. The molecule has 13 heavy (non-hydrogen) atoms. The van der Waals surface area contributed by atoms with E-state index in [-0.39, 0.29) is 12.5 Å². The molecule has 1 saturated heterocycles. The first-order chi connectivity index (χ1) is 6.18. The molecule has 0 aliphatic carbocycles. The molecule has 0 radical (unpaired) electrons. The monoisotopic (exact) mass is 188 g/mol. The fraction of sp³-hybridized carbons (Fsp3) is 0.714. The highest BCUT2D eigenvalue weighted by atomic mass is 16.6. The standard InChI is InChI=1S/C7H12N2O4/c10-6(11)1-2-8-3-5-4-9-7(12)13-5/h5,8H,1-4H2,(H,9,12)(H,10,11). The number of carbonyl (C=O) groups excluding carboxylic acids is 1. The van der Waals surface area contributed by atoms with Gasteiger partial charge in [0.25, 0.3) is 0 Å². The van der Waals surface area contributed by atoms with E-state index in [2.05, 4.69) is 10.6 Å². The van der Waals surface area contributed by atoms with Crippen LogP contribution in [0.3, 0.4) is 0 Å². The highest BCUT2D eigenvalue weighted by Crippen LogP contribution is 1.97. The number of carboxylic acids is 1. The van der Waals surface area contributed by atoms with Gasteiger partial charge in [0.1, 0.15) is 6.10 Å². The molecule has 1 aliphatic rings. The summed E-state index contributed by atoms with van der Waals surface area (Å²) in [6, 6.07) is 0. The Bertz CT molecular complexity index is 207. The molecule has 0 spiro atoms. The first-order valence-corrected chi connectivity index (χ1v) is 4.05. The molecule has 6 heteroatoms. The normalized spacial score (nSPS) is 20.9. The summed E-state index contributed by atoms with van der Waals surface area (Å²) in [7, 11) is 0. The zero-order valence-electron chi connectivity index (χ0n) is 7.08. The van der Waals surface area contributed by atoms with Crippen LogP contribution in [0.1, 0.15) is 6.42 Å². The van der Waals surface area contributed by atoms with Crippen LogP contribution in [0.15, 0.2) is 0 Å². The molecule has 1 unspecified atom stereocenters. The number of ether oxygens (including phenoxy) is 1. The maximum atomic E-state index is 10.5. The van der Waals surface area contributed by atoms with E-state index in [0.29, 0.717) is 19.6 Å². The van der Waals surface area contributed by atoms with Crippen molar-refractivity contribution < 1.29 is 19.4 Å². The van der Waals surface area contributed by atoms with Crippen LogP contribution in [-0.4, -0.2) is 42.9 Å². The summed E-state index contributed by atoms with van der Waals surface area (Å²) in [4.78, 5) is 20.6. The summed E-state index contributed by atoms with van der Waals surface area (Å²) in [6.07, 6.45) is -0.514. The van der Waals surface area contributed by atoms with E-state index in [1.807, 2.05) is 0 Å². The van der Waals surface area contributed by atoms with Gasteiger partial charge in [-0.05, 0) is 0 Å². The van der Waals surface area contributed by atoms with Crippen molar-refractivity contribution in [3.05, 3.63) is 0 Å². The van der Waals surface area contributed by atoms with Crippen LogP contribution in [0.4, 0.5) is 4.79 Å². The predicted octanol–water partition coefficient (Wildman–Crippen LogP) is -0.841. The van der Waals surface area contributed by atoms with Gasteiger partial charge in [-0.1, -0.05) is 0 Å². The molecule has 3 N–H and O–H groups in total. The summed E-state index contributed by atoms with van der Waals surface area (Å²) < 4.78 is 4.81. The fourth-order valence-corrected chi connectivity index (χ4v) is 1.00. The SMILES string of the molecule is O=C(O)CCNCC1CNC(=O)O1. The average molecular weight is 188 g/mol. The first-order valence-electron chi connectivity index (χ1n) is 4.05. The Balaban J connectivity index is 2.00. The largest absolute Gasteiger partial charge is 0.481 e. The van der Waals surface area contributed by atoms with Crippen molar-refractivity contribution in [3.63, 3.8) is 0 Å². The number of carbonyl (C=O) groups is 2. The summed E-state index contributed by atoms with van der Waals surface area (Å²) in [5.74, 6) is -0.839. The molecule has 6 nitrogen and oxygen atoms in total. The van der Waals surface area contributed by atoms with E-state index >= 15 is 0 Å². The summed E-state index contributed by atoms with van der Waals surface area (Å²) >= 11 is 0. The zero-order valence-corrected chi connectivity index (χ0v) is 7.08. The van der Waals surface area contributed by atoms with Crippen molar-refractivity contribution in [2.24, 2.45) is 0 Å². The van der Waals surface area contributed by atoms with Gasteiger partial charge in [-0.2, -0.15) is 0 Å². The van der Waals surface area contributed by atoms with Crippen LogP contribution in [0.2, 0.25) is 0 Å². The second-order valence-corrected chi connectivity index (χ2v) is 2.76. The molecule has 1 rings (SSSR count). The number of cyclic esters (lactones) is 1. The minimum Gasteiger partial charge on any atom is -0.481 e. The maximum absolute atomic E-state index is 10.5.